The van der Waals surface area contributed by atoms with Crippen molar-refractivity contribution < 1.29 is 14.7 Å². The molecule has 0 amide bonds. The third-order valence-corrected chi connectivity index (χ3v) is 1.60. The third kappa shape index (κ3) is 7.31. The van der Waals surface area contributed by atoms with E-state index in [-0.39, 0.29) is 5.71 Å². The van der Waals surface area contributed by atoms with Crippen LogP contribution in [0.4, 0.5) is 0 Å². The fourth-order valence-corrected chi connectivity index (χ4v) is 0.775. The summed E-state index contributed by atoms with van der Waals surface area (Å²) in [5.74, 6) is -1.03. The molecule has 0 rings (SSSR count). The van der Waals surface area contributed by atoms with Crippen LogP contribution < -0.4 is 0 Å². The first-order chi connectivity index (χ1) is 6.18. The van der Waals surface area contributed by atoms with Crippen LogP contribution in [0.5, 0.6) is 0 Å². The van der Waals surface area contributed by atoms with E-state index in [0.717, 1.165) is 12.8 Å². The average Bonchev–Trinajstić information content (AvgIpc) is 2.10. The summed E-state index contributed by atoms with van der Waals surface area (Å²) in [6.45, 7) is 4.05. The van der Waals surface area contributed by atoms with E-state index < -0.39 is 5.97 Å². The number of aliphatic carboxylic acids is 1. The lowest BCUT2D eigenvalue weighted by Gasteiger charge is -1.98. The number of carboxylic acid groups (broad SMARTS) is 1. The molecule has 0 spiro atoms. The van der Waals surface area contributed by atoms with Crippen molar-refractivity contribution in [3.63, 3.8) is 0 Å². The largest absolute Gasteiger partial charge is 0.477 e. The van der Waals surface area contributed by atoms with E-state index in [2.05, 4.69) is 12.1 Å². The zero-order valence-electron chi connectivity index (χ0n) is 8.25. The molecule has 4 nitrogen and oxygen atoms in total. The van der Waals surface area contributed by atoms with Crippen LogP contribution in [-0.2, 0) is 9.63 Å². The van der Waals surface area contributed by atoms with Crippen molar-refractivity contribution in [3.05, 3.63) is 0 Å². The van der Waals surface area contributed by atoms with E-state index in [1.54, 1.807) is 0 Å². The van der Waals surface area contributed by atoms with Gasteiger partial charge in [-0.1, -0.05) is 24.9 Å². The molecule has 0 aliphatic rings. The Morgan fingerprint density at radius 2 is 2.08 bits per heavy atom. The monoisotopic (exact) mass is 187 g/mol. The van der Waals surface area contributed by atoms with Gasteiger partial charge in [-0.05, 0) is 19.8 Å². The Morgan fingerprint density at radius 1 is 1.38 bits per heavy atom. The minimum Gasteiger partial charge on any atom is -0.477 e. The Kier molecular flexibility index (Phi) is 6.96. The van der Waals surface area contributed by atoms with Crippen LogP contribution in [0.15, 0.2) is 5.16 Å². The molecule has 0 radical (unpaired) electrons. The smallest absolute Gasteiger partial charge is 0.353 e. The predicted molar refractivity (Wildman–Crippen MR) is 50.8 cm³/mol. The summed E-state index contributed by atoms with van der Waals surface area (Å²) in [5, 5.41) is 11.9. The van der Waals surface area contributed by atoms with Crippen LogP contribution in [0.1, 0.15) is 39.5 Å². The first-order valence-electron chi connectivity index (χ1n) is 4.58. The maximum atomic E-state index is 10.3. The highest BCUT2D eigenvalue weighted by Gasteiger charge is 2.00. The first-order valence-corrected chi connectivity index (χ1v) is 4.58. The number of carbonyl (C=O) groups is 1. The summed E-state index contributed by atoms with van der Waals surface area (Å²) in [7, 11) is 0. The molecular formula is C9H17NO3. The quantitative estimate of drug-likeness (QED) is 0.377. The zero-order chi connectivity index (χ0) is 10.1. The van der Waals surface area contributed by atoms with Gasteiger partial charge in [0.15, 0.2) is 5.71 Å². The number of oxime groups is 1. The molecule has 0 aromatic carbocycles. The van der Waals surface area contributed by atoms with E-state index >= 15 is 0 Å². The van der Waals surface area contributed by atoms with Crippen molar-refractivity contribution in [2.75, 3.05) is 6.61 Å². The molecule has 0 heterocycles. The first kappa shape index (κ1) is 11.9. The summed E-state index contributed by atoms with van der Waals surface area (Å²) in [5.41, 5.74) is -0.00417. The van der Waals surface area contributed by atoms with Crippen LogP contribution in [0.2, 0.25) is 0 Å². The van der Waals surface area contributed by atoms with Gasteiger partial charge in [0, 0.05) is 0 Å². The Labute approximate surface area is 78.6 Å². The van der Waals surface area contributed by atoms with E-state index in [1.165, 1.54) is 19.8 Å². The Morgan fingerprint density at radius 3 is 2.62 bits per heavy atom. The fourth-order valence-electron chi connectivity index (χ4n) is 0.775. The molecule has 0 saturated heterocycles. The van der Waals surface area contributed by atoms with E-state index in [1.807, 2.05) is 0 Å². The van der Waals surface area contributed by atoms with Gasteiger partial charge in [0.1, 0.15) is 6.61 Å². The molecule has 0 fully saturated rings. The predicted octanol–water partition coefficient (Wildman–Crippen LogP) is 2.04. The van der Waals surface area contributed by atoms with Crippen molar-refractivity contribution in [1.29, 1.82) is 0 Å². The van der Waals surface area contributed by atoms with Crippen molar-refractivity contribution in [3.8, 4) is 0 Å². The zero-order valence-corrected chi connectivity index (χ0v) is 8.25. The molecule has 0 aromatic heterocycles. The number of unbranched alkanes of at least 4 members (excludes halogenated alkanes) is 3. The molecule has 13 heavy (non-hydrogen) atoms. The number of nitrogens with zero attached hydrogens (tertiary/aromatic N) is 1. The van der Waals surface area contributed by atoms with Gasteiger partial charge in [0.05, 0.1) is 0 Å². The van der Waals surface area contributed by atoms with Crippen molar-refractivity contribution >= 4 is 11.7 Å². The molecule has 0 aromatic rings. The molecule has 4 heteroatoms. The highest BCUT2D eigenvalue weighted by atomic mass is 16.6. The third-order valence-electron chi connectivity index (χ3n) is 1.60. The second-order valence-corrected chi connectivity index (χ2v) is 2.88. The second-order valence-electron chi connectivity index (χ2n) is 2.88. The van der Waals surface area contributed by atoms with E-state index in [9.17, 15) is 4.79 Å². The van der Waals surface area contributed by atoms with Crippen molar-refractivity contribution in [2.45, 2.75) is 39.5 Å². The van der Waals surface area contributed by atoms with Crippen molar-refractivity contribution in [1.82, 2.24) is 0 Å². The van der Waals surface area contributed by atoms with Gasteiger partial charge < -0.3 is 9.94 Å². The van der Waals surface area contributed by atoms with E-state index in [0.29, 0.717) is 6.61 Å². The summed E-state index contributed by atoms with van der Waals surface area (Å²) in [6, 6.07) is 0. The summed E-state index contributed by atoms with van der Waals surface area (Å²) in [6.07, 6.45) is 4.41. The highest BCUT2D eigenvalue weighted by molar-refractivity contribution is 6.34. The minimum absolute atomic E-state index is 0.00417. The standard InChI is InChI=1S/C9H17NO3/c1-3-4-5-6-7-13-10-8(2)9(11)12/h3-7H2,1-2H3,(H,11,12)/b10-8+. The Balaban J connectivity index is 3.34. The van der Waals surface area contributed by atoms with Gasteiger partial charge in [-0.3, -0.25) is 0 Å². The van der Waals surface area contributed by atoms with Crippen molar-refractivity contribution in [2.24, 2.45) is 5.16 Å². The van der Waals surface area contributed by atoms with Crippen LogP contribution in [-0.4, -0.2) is 23.4 Å². The van der Waals surface area contributed by atoms with Gasteiger partial charge >= 0.3 is 5.97 Å². The lowest BCUT2D eigenvalue weighted by molar-refractivity contribution is -0.129. The molecule has 1 N–H and O–H groups in total. The van der Waals surface area contributed by atoms with Gasteiger partial charge in [-0.15, -0.1) is 0 Å². The fraction of sp³-hybridized carbons (Fsp3) is 0.778. The Hall–Kier alpha value is -1.06. The molecule has 0 aliphatic carbocycles. The lowest BCUT2D eigenvalue weighted by Crippen LogP contribution is -2.08. The van der Waals surface area contributed by atoms with Gasteiger partial charge in [-0.25, -0.2) is 4.79 Å². The molecule has 0 aliphatic heterocycles. The summed E-state index contributed by atoms with van der Waals surface area (Å²) < 4.78 is 0. The molecule has 0 bridgehead atoms. The minimum atomic E-state index is -1.03. The number of rotatable bonds is 7. The molecule has 76 valence electrons. The van der Waals surface area contributed by atoms with Gasteiger partial charge in [0.2, 0.25) is 0 Å². The number of hydrogen-bond acceptors (Lipinski definition) is 3. The molecule has 0 atom stereocenters. The van der Waals surface area contributed by atoms with E-state index in [4.69, 9.17) is 9.94 Å². The number of carboxylic acids is 1. The SMILES string of the molecule is CCCCCCO/N=C(\C)C(=O)O. The van der Waals surface area contributed by atoms with Crippen LogP contribution in [0.25, 0.3) is 0 Å². The Bertz CT molecular complexity index is 178. The summed E-state index contributed by atoms with van der Waals surface area (Å²) >= 11 is 0. The lowest BCUT2D eigenvalue weighted by atomic mass is 10.2. The van der Waals surface area contributed by atoms with Gasteiger partial charge in [0.25, 0.3) is 0 Å². The maximum Gasteiger partial charge on any atom is 0.353 e. The van der Waals surface area contributed by atoms with Crippen LogP contribution in [0, 0.1) is 0 Å². The topological polar surface area (TPSA) is 58.9 Å². The van der Waals surface area contributed by atoms with Crippen LogP contribution >= 0.6 is 0 Å². The maximum absolute atomic E-state index is 10.3. The molecule has 0 unspecified atom stereocenters. The van der Waals surface area contributed by atoms with Gasteiger partial charge in [-0.2, -0.15) is 0 Å². The highest BCUT2D eigenvalue weighted by Crippen LogP contribution is 1.98. The average molecular weight is 187 g/mol. The molecular weight excluding hydrogens is 170 g/mol. The second kappa shape index (κ2) is 7.58. The summed E-state index contributed by atoms with van der Waals surface area (Å²) in [4.78, 5) is 15.1. The normalized spacial score (nSPS) is 11.4. The van der Waals surface area contributed by atoms with Crippen LogP contribution in [0.3, 0.4) is 0 Å². The number of hydrogen-bond donors (Lipinski definition) is 1. The molecule has 0 saturated carbocycles.